The minimum atomic E-state index is 0.236. The summed E-state index contributed by atoms with van der Waals surface area (Å²) in [5, 5.41) is 4.52. The number of amides is 1. The third kappa shape index (κ3) is 3.53. The Labute approximate surface area is 162 Å². The second kappa shape index (κ2) is 7.00. The summed E-state index contributed by atoms with van der Waals surface area (Å²) in [6.45, 7) is 0.887. The number of nitrogens with one attached hydrogen (secondary N) is 2. The van der Waals surface area contributed by atoms with Crippen LogP contribution in [0.3, 0.4) is 0 Å². The summed E-state index contributed by atoms with van der Waals surface area (Å²) in [4.78, 5) is 15.6. The van der Waals surface area contributed by atoms with E-state index in [-0.39, 0.29) is 5.91 Å². The molecule has 0 aliphatic heterocycles. The highest BCUT2D eigenvalue weighted by Crippen LogP contribution is 2.61. The van der Waals surface area contributed by atoms with E-state index in [2.05, 4.69) is 40.8 Å². The number of hydrogen-bond donors (Lipinski definition) is 2. The van der Waals surface area contributed by atoms with E-state index in [0.717, 1.165) is 37.1 Å². The first-order chi connectivity index (χ1) is 13.2. The fourth-order valence-corrected chi connectivity index (χ4v) is 6.93. The van der Waals surface area contributed by atoms with Crippen LogP contribution in [0.15, 0.2) is 30.5 Å². The van der Waals surface area contributed by atoms with Gasteiger partial charge in [-0.3, -0.25) is 4.79 Å². The van der Waals surface area contributed by atoms with E-state index in [1.807, 2.05) is 0 Å². The first kappa shape index (κ1) is 17.3. The molecule has 2 aromatic rings. The first-order valence-electron chi connectivity index (χ1n) is 11.0. The fraction of sp³-hybridized carbons (Fsp3) is 0.625. The number of carbonyl (C=O) groups excluding carboxylic acids is 1. The number of rotatable bonds is 7. The monoisotopic (exact) mass is 364 g/mol. The van der Waals surface area contributed by atoms with E-state index in [1.54, 1.807) is 0 Å². The lowest BCUT2D eigenvalue weighted by Crippen LogP contribution is -2.47. The van der Waals surface area contributed by atoms with Gasteiger partial charge < -0.3 is 10.3 Å². The normalized spacial score (nSPS) is 31.5. The van der Waals surface area contributed by atoms with Gasteiger partial charge in [0.15, 0.2) is 0 Å². The predicted octanol–water partition coefficient (Wildman–Crippen LogP) is 5.21. The van der Waals surface area contributed by atoms with Crippen LogP contribution in [0.1, 0.15) is 63.4 Å². The number of benzene rings is 1. The van der Waals surface area contributed by atoms with Crippen molar-refractivity contribution in [2.45, 2.75) is 64.2 Å². The Balaban J connectivity index is 1.06. The van der Waals surface area contributed by atoms with E-state index >= 15 is 0 Å². The number of carbonyl (C=O) groups is 1. The molecule has 3 heteroatoms. The molecule has 0 saturated heterocycles. The third-order valence-electron chi connectivity index (χ3n) is 7.67. The largest absolute Gasteiger partial charge is 0.361 e. The molecule has 144 valence electrons. The molecule has 1 heterocycles. The number of aromatic amines is 1. The lowest BCUT2D eigenvalue weighted by atomic mass is 9.49. The Kier molecular flexibility index (Phi) is 4.49. The molecule has 4 saturated carbocycles. The molecule has 4 bridgehead atoms. The number of H-pyrrole nitrogens is 1. The lowest BCUT2D eigenvalue weighted by molar-refractivity contribution is -0.121. The maximum Gasteiger partial charge on any atom is 0.220 e. The zero-order chi connectivity index (χ0) is 18.3. The van der Waals surface area contributed by atoms with Gasteiger partial charge in [-0.1, -0.05) is 18.2 Å². The maximum absolute atomic E-state index is 12.3. The Morgan fingerprint density at radius 2 is 1.78 bits per heavy atom. The van der Waals surface area contributed by atoms with Gasteiger partial charge in [0, 0.05) is 30.1 Å². The zero-order valence-electron chi connectivity index (χ0n) is 16.3. The molecule has 4 aliphatic carbocycles. The van der Waals surface area contributed by atoms with Crippen LogP contribution >= 0.6 is 0 Å². The van der Waals surface area contributed by atoms with Crippen LogP contribution in [0.25, 0.3) is 10.9 Å². The average molecular weight is 365 g/mol. The summed E-state index contributed by atoms with van der Waals surface area (Å²) < 4.78 is 0. The molecule has 3 nitrogen and oxygen atoms in total. The highest BCUT2D eigenvalue weighted by Gasteiger charge is 2.50. The van der Waals surface area contributed by atoms with Crippen molar-refractivity contribution in [3.8, 4) is 0 Å². The summed E-state index contributed by atoms with van der Waals surface area (Å²) in [7, 11) is 0. The van der Waals surface area contributed by atoms with Crippen molar-refractivity contribution in [2.24, 2.45) is 23.2 Å². The Morgan fingerprint density at radius 3 is 2.52 bits per heavy atom. The second-order valence-corrected chi connectivity index (χ2v) is 9.73. The van der Waals surface area contributed by atoms with Gasteiger partial charge in [0.2, 0.25) is 5.91 Å². The highest BCUT2D eigenvalue weighted by molar-refractivity contribution is 5.83. The Bertz CT molecular complexity index is 785. The van der Waals surface area contributed by atoms with Crippen molar-refractivity contribution >= 4 is 16.8 Å². The molecular weight excluding hydrogens is 332 g/mol. The van der Waals surface area contributed by atoms with Crippen LogP contribution in [-0.4, -0.2) is 17.4 Å². The summed E-state index contributed by atoms with van der Waals surface area (Å²) in [5.41, 5.74) is 3.09. The minimum Gasteiger partial charge on any atom is -0.361 e. The van der Waals surface area contributed by atoms with Gasteiger partial charge in [-0.05, 0) is 92.6 Å². The SMILES string of the molecule is O=C(CCCc1c[nH]c2ccccc12)NCCC12CC3CC(CC(C3)C1)C2. The van der Waals surface area contributed by atoms with Gasteiger partial charge in [-0.25, -0.2) is 0 Å². The van der Waals surface area contributed by atoms with Crippen molar-refractivity contribution in [3.05, 3.63) is 36.0 Å². The first-order valence-corrected chi connectivity index (χ1v) is 11.0. The Morgan fingerprint density at radius 1 is 1.07 bits per heavy atom. The molecule has 0 unspecified atom stereocenters. The molecule has 6 rings (SSSR count). The second-order valence-electron chi connectivity index (χ2n) is 9.73. The molecule has 0 spiro atoms. The van der Waals surface area contributed by atoms with Crippen LogP contribution in [0.2, 0.25) is 0 Å². The predicted molar refractivity (Wildman–Crippen MR) is 109 cm³/mol. The number of hydrogen-bond acceptors (Lipinski definition) is 1. The van der Waals surface area contributed by atoms with Crippen molar-refractivity contribution < 1.29 is 4.79 Å². The van der Waals surface area contributed by atoms with Gasteiger partial charge >= 0.3 is 0 Å². The summed E-state index contributed by atoms with van der Waals surface area (Å²) in [6.07, 6.45) is 14.6. The van der Waals surface area contributed by atoms with Crippen molar-refractivity contribution in [2.75, 3.05) is 6.54 Å². The van der Waals surface area contributed by atoms with E-state index in [4.69, 9.17) is 0 Å². The van der Waals surface area contributed by atoms with Crippen molar-refractivity contribution in [1.29, 1.82) is 0 Å². The van der Waals surface area contributed by atoms with Crippen molar-refractivity contribution in [3.63, 3.8) is 0 Å². The molecule has 1 aromatic heterocycles. The van der Waals surface area contributed by atoms with Crippen LogP contribution in [-0.2, 0) is 11.2 Å². The van der Waals surface area contributed by atoms with Crippen LogP contribution < -0.4 is 5.32 Å². The summed E-state index contributed by atoms with van der Waals surface area (Å²) >= 11 is 0. The van der Waals surface area contributed by atoms with E-state index in [0.29, 0.717) is 11.8 Å². The maximum atomic E-state index is 12.3. The standard InChI is InChI=1S/C24H32N2O/c27-23(7-3-4-20-16-26-22-6-2-1-5-21(20)22)25-9-8-24-13-17-10-18(14-24)12-19(11-17)15-24/h1-2,5-6,16-19,26H,3-4,7-15H2,(H,25,27). The number of fused-ring (bicyclic) bond motifs is 1. The smallest absolute Gasteiger partial charge is 0.220 e. The number of para-hydroxylation sites is 1. The van der Waals surface area contributed by atoms with Gasteiger partial charge in [-0.2, -0.15) is 0 Å². The minimum absolute atomic E-state index is 0.236. The molecule has 1 amide bonds. The molecule has 2 N–H and O–H groups in total. The average Bonchev–Trinajstić information content (AvgIpc) is 3.04. The van der Waals surface area contributed by atoms with E-state index in [9.17, 15) is 4.79 Å². The van der Waals surface area contributed by atoms with Crippen LogP contribution in [0.5, 0.6) is 0 Å². The highest BCUT2D eigenvalue weighted by atomic mass is 16.1. The number of aryl methyl sites for hydroxylation is 1. The van der Waals surface area contributed by atoms with Gasteiger partial charge in [0.1, 0.15) is 0 Å². The zero-order valence-corrected chi connectivity index (χ0v) is 16.3. The quantitative estimate of drug-likeness (QED) is 0.696. The summed E-state index contributed by atoms with van der Waals surface area (Å²) in [6, 6.07) is 8.40. The number of aromatic nitrogens is 1. The summed E-state index contributed by atoms with van der Waals surface area (Å²) in [5.74, 6) is 3.24. The van der Waals surface area contributed by atoms with Crippen molar-refractivity contribution in [1.82, 2.24) is 10.3 Å². The molecule has 0 radical (unpaired) electrons. The fourth-order valence-electron chi connectivity index (χ4n) is 6.93. The Hall–Kier alpha value is -1.77. The van der Waals surface area contributed by atoms with Gasteiger partial charge in [0.05, 0.1) is 0 Å². The van der Waals surface area contributed by atoms with E-state index < -0.39 is 0 Å². The van der Waals surface area contributed by atoms with Gasteiger partial charge in [-0.15, -0.1) is 0 Å². The molecule has 27 heavy (non-hydrogen) atoms. The van der Waals surface area contributed by atoms with Gasteiger partial charge in [0.25, 0.3) is 0 Å². The molecule has 1 aromatic carbocycles. The molecule has 4 fully saturated rings. The lowest BCUT2D eigenvalue weighted by Gasteiger charge is -2.57. The van der Waals surface area contributed by atoms with Crippen LogP contribution in [0, 0.1) is 23.2 Å². The third-order valence-corrected chi connectivity index (χ3v) is 7.67. The van der Waals surface area contributed by atoms with Crippen LogP contribution in [0.4, 0.5) is 0 Å². The molecular formula is C24H32N2O. The molecule has 0 atom stereocenters. The van der Waals surface area contributed by atoms with E-state index in [1.165, 1.54) is 61.4 Å². The molecule has 4 aliphatic rings. The topological polar surface area (TPSA) is 44.9 Å².